The summed E-state index contributed by atoms with van der Waals surface area (Å²) in [5.41, 5.74) is 1.71. The van der Waals surface area contributed by atoms with E-state index in [9.17, 15) is 18.0 Å². The number of rotatable bonds is 14. The molecule has 0 aliphatic carbocycles. The van der Waals surface area contributed by atoms with Crippen LogP contribution < -0.4 is 23.8 Å². The first-order valence-corrected chi connectivity index (χ1v) is 15.0. The number of hydrogen-bond donors (Lipinski definition) is 1. The zero-order chi connectivity index (χ0) is 30.9. The van der Waals surface area contributed by atoms with Gasteiger partial charge in [0.05, 0.1) is 31.9 Å². The minimum Gasteiger partial charge on any atom is -0.497 e. The number of amides is 2. The van der Waals surface area contributed by atoms with Crippen molar-refractivity contribution in [1.82, 2.24) is 10.2 Å². The quantitative estimate of drug-likeness (QED) is 0.297. The van der Waals surface area contributed by atoms with Crippen LogP contribution in [0.2, 0.25) is 0 Å². The van der Waals surface area contributed by atoms with Crippen LogP contribution in [-0.2, 0) is 26.2 Å². The van der Waals surface area contributed by atoms with Crippen molar-refractivity contribution in [3.8, 4) is 17.2 Å². The van der Waals surface area contributed by atoms with Gasteiger partial charge >= 0.3 is 0 Å². The molecule has 0 radical (unpaired) electrons. The molecular weight excluding hydrogens is 558 g/mol. The summed E-state index contributed by atoms with van der Waals surface area (Å²) >= 11 is 0. The summed E-state index contributed by atoms with van der Waals surface area (Å²) in [6.45, 7) is 5.29. The molecular formula is C31H39N3O7S. The number of carbonyl (C=O) groups is 2. The van der Waals surface area contributed by atoms with E-state index in [-0.39, 0.29) is 28.8 Å². The molecule has 2 amide bonds. The van der Waals surface area contributed by atoms with Gasteiger partial charge in [-0.1, -0.05) is 36.8 Å². The summed E-state index contributed by atoms with van der Waals surface area (Å²) < 4.78 is 45.4. The summed E-state index contributed by atoms with van der Waals surface area (Å²) in [5, 5.41) is 2.83. The summed E-state index contributed by atoms with van der Waals surface area (Å²) in [6.07, 6.45) is 0.723. The lowest BCUT2D eigenvalue weighted by Gasteiger charge is -2.32. The van der Waals surface area contributed by atoms with Gasteiger partial charge in [0.15, 0.2) is 0 Å². The van der Waals surface area contributed by atoms with Crippen LogP contribution in [0.4, 0.5) is 5.69 Å². The molecule has 10 nitrogen and oxygen atoms in total. The van der Waals surface area contributed by atoms with Gasteiger partial charge in [-0.3, -0.25) is 13.9 Å². The molecule has 0 heterocycles. The second-order valence-corrected chi connectivity index (χ2v) is 11.6. The summed E-state index contributed by atoms with van der Waals surface area (Å²) in [7, 11) is 0.145. The van der Waals surface area contributed by atoms with E-state index >= 15 is 0 Å². The van der Waals surface area contributed by atoms with Crippen molar-refractivity contribution in [2.24, 2.45) is 0 Å². The van der Waals surface area contributed by atoms with E-state index in [1.54, 1.807) is 49.4 Å². The van der Waals surface area contributed by atoms with E-state index < -0.39 is 28.5 Å². The first-order valence-electron chi connectivity index (χ1n) is 13.6. The molecule has 0 fully saturated rings. The number of aryl methyl sites for hydroxylation is 1. The molecule has 0 bridgehead atoms. The van der Waals surface area contributed by atoms with Crippen LogP contribution in [-0.4, -0.2) is 65.6 Å². The third kappa shape index (κ3) is 7.73. The number of nitrogens with one attached hydrogen (secondary N) is 1. The lowest BCUT2D eigenvalue weighted by Crippen LogP contribution is -2.51. The second kappa shape index (κ2) is 14.6. The summed E-state index contributed by atoms with van der Waals surface area (Å²) in [4.78, 5) is 28.5. The van der Waals surface area contributed by atoms with Gasteiger partial charge in [0, 0.05) is 19.2 Å². The second-order valence-electron chi connectivity index (χ2n) is 9.70. The van der Waals surface area contributed by atoms with Gasteiger partial charge < -0.3 is 24.4 Å². The van der Waals surface area contributed by atoms with Crippen LogP contribution in [0.1, 0.15) is 31.4 Å². The molecule has 0 aromatic heterocycles. The maximum atomic E-state index is 14.1. The minimum atomic E-state index is -4.27. The number of ether oxygens (including phenoxy) is 3. The Bertz CT molecular complexity index is 1480. The average Bonchev–Trinajstić information content (AvgIpc) is 3.00. The SMILES string of the molecule is CCCNC(=O)C(C)N(Cc1cccc(OC)c1)C(=O)CN(c1cc(OC)ccc1OC)S(=O)(=O)c1ccc(C)cc1. The molecule has 11 heteroatoms. The fourth-order valence-corrected chi connectivity index (χ4v) is 5.71. The van der Waals surface area contributed by atoms with Gasteiger partial charge in [0.25, 0.3) is 10.0 Å². The van der Waals surface area contributed by atoms with Crippen molar-refractivity contribution in [2.75, 3.05) is 38.7 Å². The van der Waals surface area contributed by atoms with Gasteiger partial charge in [-0.05, 0) is 62.2 Å². The third-order valence-corrected chi connectivity index (χ3v) is 8.52. The highest BCUT2D eigenvalue weighted by Gasteiger charge is 2.34. The predicted octanol–water partition coefficient (Wildman–Crippen LogP) is 4.16. The Labute approximate surface area is 248 Å². The molecule has 226 valence electrons. The normalized spacial score (nSPS) is 11.8. The first kappa shape index (κ1) is 32.3. The van der Waals surface area contributed by atoms with E-state index in [4.69, 9.17) is 14.2 Å². The van der Waals surface area contributed by atoms with Crippen LogP contribution in [0.15, 0.2) is 71.6 Å². The molecule has 1 atom stereocenters. The Morgan fingerprint density at radius 3 is 2.19 bits per heavy atom. The van der Waals surface area contributed by atoms with Gasteiger partial charge in [0.2, 0.25) is 11.8 Å². The predicted molar refractivity (Wildman–Crippen MR) is 162 cm³/mol. The van der Waals surface area contributed by atoms with E-state index in [0.29, 0.717) is 23.6 Å². The van der Waals surface area contributed by atoms with Crippen molar-refractivity contribution in [1.29, 1.82) is 0 Å². The molecule has 0 saturated carbocycles. The van der Waals surface area contributed by atoms with Crippen LogP contribution in [0.25, 0.3) is 0 Å². The number of carbonyl (C=O) groups excluding carboxylic acids is 2. The number of nitrogens with zero attached hydrogens (tertiary/aromatic N) is 2. The van der Waals surface area contributed by atoms with Crippen LogP contribution in [0.5, 0.6) is 17.2 Å². The van der Waals surface area contributed by atoms with Gasteiger partial charge in [0.1, 0.15) is 29.8 Å². The Morgan fingerprint density at radius 1 is 0.905 bits per heavy atom. The fourth-order valence-electron chi connectivity index (χ4n) is 4.29. The zero-order valence-corrected chi connectivity index (χ0v) is 25.7. The fraction of sp³-hybridized carbons (Fsp3) is 0.355. The third-order valence-electron chi connectivity index (χ3n) is 6.75. The molecule has 0 spiro atoms. The van der Waals surface area contributed by atoms with Gasteiger partial charge in [-0.15, -0.1) is 0 Å². The maximum absolute atomic E-state index is 14.1. The number of anilines is 1. The van der Waals surface area contributed by atoms with E-state index in [2.05, 4.69) is 5.32 Å². The van der Waals surface area contributed by atoms with Crippen LogP contribution in [0.3, 0.4) is 0 Å². The van der Waals surface area contributed by atoms with Crippen molar-refractivity contribution >= 4 is 27.5 Å². The Balaban J connectivity index is 2.12. The lowest BCUT2D eigenvalue weighted by molar-refractivity contribution is -0.139. The number of sulfonamides is 1. The van der Waals surface area contributed by atoms with Crippen molar-refractivity contribution in [3.63, 3.8) is 0 Å². The van der Waals surface area contributed by atoms with E-state index in [1.165, 1.54) is 44.4 Å². The topological polar surface area (TPSA) is 114 Å². The molecule has 0 saturated heterocycles. The van der Waals surface area contributed by atoms with Crippen molar-refractivity contribution in [2.45, 2.75) is 44.7 Å². The van der Waals surface area contributed by atoms with Crippen molar-refractivity contribution in [3.05, 3.63) is 77.9 Å². The highest BCUT2D eigenvalue weighted by molar-refractivity contribution is 7.92. The number of hydrogen-bond acceptors (Lipinski definition) is 7. The molecule has 0 aliphatic rings. The van der Waals surface area contributed by atoms with Gasteiger partial charge in [-0.2, -0.15) is 0 Å². The van der Waals surface area contributed by atoms with Crippen LogP contribution >= 0.6 is 0 Å². The van der Waals surface area contributed by atoms with Gasteiger partial charge in [-0.25, -0.2) is 8.42 Å². The largest absolute Gasteiger partial charge is 0.497 e. The minimum absolute atomic E-state index is 0.00106. The van der Waals surface area contributed by atoms with E-state index in [0.717, 1.165) is 16.3 Å². The first-order chi connectivity index (χ1) is 20.0. The highest BCUT2D eigenvalue weighted by atomic mass is 32.2. The molecule has 3 rings (SSSR count). The monoisotopic (exact) mass is 597 g/mol. The molecule has 3 aromatic rings. The highest BCUT2D eigenvalue weighted by Crippen LogP contribution is 2.36. The maximum Gasteiger partial charge on any atom is 0.264 e. The summed E-state index contributed by atoms with van der Waals surface area (Å²) in [5.74, 6) is 0.264. The molecule has 1 unspecified atom stereocenters. The lowest BCUT2D eigenvalue weighted by atomic mass is 10.1. The number of benzene rings is 3. The van der Waals surface area contributed by atoms with Crippen LogP contribution in [0, 0.1) is 6.92 Å². The Morgan fingerprint density at radius 2 is 1.57 bits per heavy atom. The van der Waals surface area contributed by atoms with Crippen molar-refractivity contribution < 1.29 is 32.2 Å². The zero-order valence-electron chi connectivity index (χ0n) is 24.9. The number of methoxy groups -OCH3 is 3. The Hall–Kier alpha value is -4.25. The molecule has 3 aromatic carbocycles. The summed E-state index contributed by atoms with van der Waals surface area (Å²) in [6, 6.07) is 17.3. The molecule has 1 N–H and O–H groups in total. The van der Waals surface area contributed by atoms with E-state index in [1.807, 2.05) is 19.9 Å². The smallest absolute Gasteiger partial charge is 0.264 e. The average molecular weight is 598 g/mol. The standard InChI is InChI=1S/C31H39N3O7S/c1-7-17-32-31(36)23(3)33(20-24-9-8-10-25(18-24)39-4)30(35)21-34(28-19-26(40-5)13-16-29(28)41-6)42(37,38)27-14-11-22(2)12-15-27/h8-16,18-19,23H,7,17,20-21H2,1-6H3,(H,32,36). The molecule has 42 heavy (non-hydrogen) atoms. The molecule has 0 aliphatic heterocycles. The Kier molecular flexibility index (Phi) is 11.2.